The SMILES string of the molecule is Cc1ccoc1-c1nc(NN)cc(C2CCCC2)n1. The minimum atomic E-state index is 0.518. The smallest absolute Gasteiger partial charge is 0.198 e. The molecule has 1 aliphatic rings. The van der Waals surface area contributed by atoms with Crippen LogP contribution in [0.1, 0.15) is 42.9 Å². The van der Waals surface area contributed by atoms with Gasteiger partial charge in [-0.3, -0.25) is 0 Å². The van der Waals surface area contributed by atoms with E-state index in [9.17, 15) is 0 Å². The van der Waals surface area contributed by atoms with Crippen LogP contribution in [0.5, 0.6) is 0 Å². The Morgan fingerprint density at radius 2 is 2.11 bits per heavy atom. The largest absolute Gasteiger partial charge is 0.461 e. The fraction of sp³-hybridized carbons (Fsp3) is 0.429. The molecule has 3 N–H and O–H groups in total. The number of hydrogen-bond acceptors (Lipinski definition) is 5. The number of aromatic nitrogens is 2. The number of nitrogens with two attached hydrogens (primary N) is 1. The van der Waals surface area contributed by atoms with E-state index in [4.69, 9.17) is 10.3 Å². The summed E-state index contributed by atoms with van der Waals surface area (Å²) in [5.41, 5.74) is 4.72. The summed E-state index contributed by atoms with van der Waals surface area (Å²) in [5.74, 6) is 8.00. The van der Waals surface area contributed by atoms with Gasteiger partial charge in [-0.25, -0.2) is 15.8 Å². The van der Waals surface area contributed by atoms with E-state index in [-0.39, 0.29) is 0 Å². The summed E-state index contributed by atoms with van der Waals surface area (Å²) in [4.78, 5) is 9.05. The molecule has 2 aromatic rings. The maximum absolute atomic E-state index is 5.51. The van der Waals surface area contributed by atoms with Crippen molar-refractivity contribution in [3.8, 4) is 11.6 Å². The van der Waals surface area contributed by atoms with Crippen LogP contribution in [0.15, 0.2) is 22.8 Å². The van der Waals surface area contributed by atoms with Crippen molar-refractivity contribution in [3.05, 3.63) is 29.7 Å². The molecule has 0 radical (unpaired) electrons. The second-order valence-corrected chi connectivity index (χ2v) is 5.06. The molecule has 1 aliphatic carbocycles. The van der Waals surface area contributed by atoms with Crippen molar-refractivity contribution in [2.45, 2.75) is 38.5 Å². The van der Waals surface area contributed by atoms with Crippen LogP contribution in [0.3, 0.4) is 0 Å². The predicted octanol–water partition coefficient (Wildman–Crippen LogP) is 2.99. The molecule has 100 valence electrons. The third-order valence-electron chi connectivity index (χ3n) is 3.73. The van der Waals surface area contributed by atoms with Gasteiger partial charge in [0.1, 0.15) is 5.82 Å². The van der Waals surface area contributed by atoms with Gasteiger partial charge >= 0.3 is 0 Å². The first kappa shape index (κ1) is 12.2. The number of hydrazine groups is 1. The molecule has 0 unspecified atom stereocenters. The van der Waals surface area contributed by atoms with Crippen molar-refractivity contribution in [1.82, 2.24) is 9.97 Å². The number of hydrogen-bond donors (Lipinski definition) is 2. The molecule has 19 heavy (non-hydrogen) atoms. The lowest BCUT2D eigenvalue weighted by Gasteiger charge is -2.11. The van der Waals surface area contributed by atoms with E-state index in [0.29, 0.717) is 17.6 Å². The zero-order valence-corrected chi connectivity index (χ0v) is 11.0. The van der Waals surface area contributed by atoms with Crippen molar-refractivity contribution in [2.24, 2.45) is 5.84 Å². The van der Waals surface area contributed by atoms with Crippen molar-refractivity contribution < 1.29 is 4.42 Å². The van der Waals surface area contributed by atoms with E-state index in [1.54, 1.807) is 6.26 Å². The highest BCUT2D eigenvalue weighted by atomic mass is 16.3. The molecule has 0 aliphatic heterocycles. The average molecular weight is 258 g/mol. The number of anilines is 1. The van der Waals surface area contributed by atoms with Crippen LogP contribution in [-0.2, 0) is 0 Å². The molecule has 0 spiro atoms. The van der Waals surface area contributed by atoms with Gasteiger partial charge in [0, 0.05) is 17.7 Å². The molecule has 2 heterocycles. The summed E-state index contributed by atoms with van der Waals surface area (Å²) < 4.78 is 5.47. The monoisotopic (exact) mass is 258 g/mol. The van der Waals surface area contributed by atoms with Gasteiger partial charge in [-0.15, -0.1) is 0 Å². The first-order valence-electron chi connectivity index (χ1n) is 6.68. The van der Waals surface area contributed by atoms with Gasteiger partial charge in [0.25, 0.3) is 0 Å². The third kappa shape index (κ3) is 2.33. The molecule has 3 rings (SSSR count). The highest BCUT2D eigenvalue weighted by Gasteiger charge is 2.21. The fourth-order valence-corrected chi connectivity index (χ4v) is 2.67. The number of furan rings is 1. The summed E-state index contributed by atoms with van der Waals surface area (Å²) in [7, 11) is 0. The Labute approximate surface area is 112 Å². The van der Waals surface area contributed by atoms with Crippen molar-refractivity contribution in [3.63, 3.8) is 0 Å². The maximum Gasteiger partial charge on any atom is 0.198 e. The van der Waals surface area contributed by atoms with Gasteiger partial charge in [0.2, 0.25) is 0 Å². The second kappa shape index (κ2) is 5.01. The summed E-state index contributed by atoms with van der Waals surface area (Å²) in [6.07, 6.45) is 6.59. The predicted molar refractivity (Wildman–Crippen MR) is 73.5 cm³/mol. The quantitative estimate of drug-likeness (QED) is 0.653. The van der Waals surface area contributed by atoms with Crippen LogP contribution in [0.4, 0.5) is 5.82 Å². The molecule has 1 saturated carbocycles. The van der Waals surface area contributed by atoms with Gasteiger partial charge in [-0.1, -0.05) is 12.8 Å². The van der Waals surface area contributed by atoms with E-state index in [0.717, 1.165) is 17.0 Å². The minimum absolute atomic E-state index is 0.518. The Hall–Kier alpha value is -1.88. The molecular weight excluding hydrogens is 240 g/mol. The van der Waals surface area contributed by atoms with Crippen LogP contribution >= 0.6 is 0 Å². The van der Waals surface area contributed by atoms with E-state index in [2.05, 4.69) is 15.4 Å². The summed E-state index contributed by atoms with van der Waals surface area (Å²) in [6.45, 7) is 1.99. The van der Waals surface area contributed by atoms with Crippen LogP contribution in [0.25, 0.3) is 11.6 Å². The first-order valence-corrected chi connectivity index (χ1v) is 6.68. The van der Waals surface area contributed by atoms with Gasteiger partial charge in [0.15, 0.2) is 11.6 Å². The highest BCUT2D eigenvalue weighted by Crippen LogP contribution is 2.34. The molecule has 5 heteroatoms. The van der Waals surface area contributed by atoms with Gasteiger partial charge in [-0.05, 0) is 31.4 Å². The molecule has 0 amide bonds. The summed E-state index contributed by atoms with van der Waals surface area (Å²) in [5, 5.41) is 0. The number of rotatable bonds is 3. The Morgan fingerprint density at radius 3 is 2.74 bits per heavy atom. The Morgan fingerprint density at radius 1 is 1.32 bits per heavy atom. The first-order chi connectivity index (χ1) is 9.28. The Kier molecular flexibility index (Phi) is 3.21. The maximum atomic E-state index is 5.51. The van der Waals surface area contributed by atoms with Crippen LogP contribution in [0.2, 0.25) is 0 Å². The molecule has 2 aromatic heterocycles. The zero-order valence-electron chi connectivity index (χ0n) is 11.0. The molecule has 0 atom stereocenters. The third-order valence-corrected chi connectivity index (χ3v) is 3.73. The topological polar surface area (TPSA) is 77.0 Å². The Balaban J connectivity index is 2.04. The number of nitrogens with zero attached hydrogens (tertiary/aromatic N) is 2. The van der Waals surface area contributed by atoms with Gasteiger partial charge in [-0.2, -0.15) is 0 Å². The molecular formula is C14H18N4O. The van der Waals surface area contributed by atoms with Gasteiger partial charge < -0.3 is 9.84 Å². The summed E-state index contributed by atoms with van der Waals surface area (Å²) in [6, 6.07) is 3.86. The van der Waals surface area contributed by atoms with Crippen LogP contribution in [-0.4, -0.2) is 9.97 Å². The van der Waals surface area contributed by atoms with Crippen molar-refractivity contribution in [2.75, 3.05) is 5.43 Å². The van der Waals surface area contributed by atoms with E-state index in [1.807, 2.05) is 19.1 Å². The van der Waals surface area contributed by atoms with Crippen molar-refractivity contribution >= 4 is 5.82 Å². The Bertz CT molecular complexity index is 573. The second-order valence-electron chi connectivity index (χ2n) is 5.06. The van der Waals surface area contributed by atoms with E-state index in [1.165, 1.54) is 25.7 Å². The lowest BCUT2D eigenvalue weighted by Crippen LogP contribution is -2.11. The van der Waals surface area contributed by atoms with Gasteiger partial charge in [0.05, 0.1) is 6.26 Å². The number of aryl methyl sites for hydroxylation is 1. The molecule has 0 bridgehead atoms. The fourth-order valence-electron chi connectivity index (χ4n) is 2.67. The molecule has 1 fully saturated rings. The zero-order chi connectivity index (χ0) is 13.2. The minimum Gasteiger partial charge on any atom is -0.461 e. The normalized spacial score (nSPS) is 15.9. The summed E-state index contributed by atoms with van der Waals surface area (Å²) >= 11 is 0. The van der Waals surface area contributed by atoms with E-state index >= 15 is 0 Å². The number of nitrogens with one attached hydrogen (secondary N) is 1. The highest BCUT2D eigenvalue weighted by molar-refractivity contribution is 5.55. The molecule has 5 nitrogen and oxygen atoms in total. The number of nitrogen functional groups attached to an aromatic ring is 1. The standard InChI is InChI=1S/C14H18N4O/c1-9-6-7-19-13(9)14-16-11(8-12(17-14)18-15)10-4-2-3-5-10/h6-8,10H,2-5,15H2,1H3,(H,16,17,18). The van der Waals surface area contributed by atoms with Crippen molar-refractivity contribution in [1.29, 1.82) is 0 Å². The lowest BCUT2D eigenvalue weighted by molar-refractivity contribution is 0.574. The molecule has 0 aromatic carbocycles. The van der Waals surface area contributed by atoms with E-state index < -0.39 is 0 Å². The lowest BCUT2D eigenvalue weighted by atomic mass is 10.0. The van der Waals surface area contributed by atoms with Crippen LogP contribution in [0, 0.1) is 6.92 Å². The van der Waals surface area contributed by atoms with Crippen LogP contribution < -0.4 is 11.3 Å². The average Bonchev–Trinajstić information content (AvgIpc) is 3.09. The molecule has 0 saturated heterocycles.